The van der Waals surface area contributed by atoms with Gasteiger partial charge in [-0.1, -0.05) is 29.3 Å². The average molecular weight is 449 g/mol. The van der Waals surface area contributed by atoms with E-state index in [9.17, 15) is 13.6 Å². The van der Waals surface area contributed by atoms with Gasteiger partial charge in [0.05, 0.1) is 0 Å². The average Bonchev–Trinajstić information content (AvgIpc) is 2.94. The number of carbonyl (C=O) groups is 1. The number of ether oxygens (including phenoxy) is 3. The van der Waals surface area contributed by atoms with E-state index in [0.29, 0.717) is 29.4 Å². The van der Waals surface area contributed by atoms with Gasteiger partial charge in [0.2, 0.25) is 18.0 Å². The highest BCUT2D eigenvalue weighted by Crippen LogP contribution is 2.36. The number of hydrogen-bond acceptors (Lipinski definition) is 5. The lowest BCUT2D eigenvalue weighted by molar-refractivity contribution is -0.162. The molecule has 158 valence electrons. The quantitative estimate of drug-likeness (QED) is 0.378. The third-order valence-corrected chi connectivity index (χ3v) is 4.39. The first-order chi connectivity index (χ1) is 13.8. The minimum Gasteiger partial charge on any atom is -0.416 e. The van der Waals surface area contributed by atoms with Crippen LogP contribution in [-0.4, -0.2) is 41.7 Å². The molecule has 1 aromatic carbocycles. The van der Waals surface area contributed by atoms with Crippen LogP contribution >= 0.6 is 23.2 Å². The molecule has 0 N–H and O–H groups in total. The van der Waals surface area contributed by atoms with E-state index < -0.39 is 12.9 Å². The van der Waals surface area contributed by atoms with E-state index in [1.54, 1.807) is 32.0 Å². The Morgan fingerprint density at radius 2 is 1.90 bits per heavy atom. The molecule has 0 saturated heterocycles. The summed E-state index contributed by atoms with van der Waals surface area (Å²) in [7, 11) is 1.43. The third-order valence-electron chi connectivity index (χ3n) is 3.71. The minimum atomic E-state index is -3.03. The van der Waals surface area contributed by atoms with E-state index in [1.807, 2.05) is 0 Å². The van der Waals surface area contributed by atoms with Crippen LogP contribution in [0.25, 0.3) is 17.3 Å². The molecule has 0 aliphatic heterocycles. The fourth-order valence-corrected chi connectivity index (χ4v) is 2.96. The van der Waals surface area contributed by atoms with Crippen LogP contribution in [-0.2, 0) is 21.3 Å². The van der Waals surface area contributed by atoms with Gasteiger partial charge in [-0.15, -0.1) is 0 Å². The van der Waals surface area contributed by atoms with Gasteiger partial charge in [0.25, 0.3) is 0 Å². The molecule has 0 radical (unpaired) electrons. The Morgan fingerprint density at radius 1 is 1.24 bits per heavy atom. The lowest BCUT2D eigenvalue weighted by Gasteiger charge is -2.13. The number of ketones is 1. The SMILES string of the molecule is CCOC(OCC)C(=O)/C=C/c1cc(-c2nn(C)c(OC(F)F)c2Cl)ccc1Cl. The molecular formula is C19H20Cl2F2N2O4. The number of nitrogens with zero attached hydrogens (tertiary/aromatic N) is 2. The van der Waals surface area contributed by atoms with Crippen LogP contribution in [0.5, 0.6) is 5.88 Å². The number of hydrogen-bond donors (Lipinski definition) is 0. The second-order valence-electron chi connectivity index (χ2n) is 5.68. The maximum atomic E-state index is 12.6. The third kappa shape index (κ3) is 5.99. The summed E-state index contributed by atoms with van der Waals surface area (Å²) in [5.74, 6) is -0.631. The Labute approximate surface area is 176 Å². The number of halogens is 4. The normalized spacial score (nSPS) is 11.8. The lowest BCUT2D eigenvalue weighted by Crippen LogP contribution is -2.26. The van der Waals surface area contributed by atoms with E-state index in [2.05, 4.69) is 9.84 Å². The largest absolute Gasteiger partial charge is 0.416 e. The van der Waals surface area contributed by atoms with Gasteiger partial charge in [0.15, 0.2) is 0 Å². The van der Waals surface area contributed by atoms with Crippen LogP contribution in [0.15, 0.2) is 24.3 Å². The smallest absolute Gasteiger partial charge is 0.388 e. The monoisotopic (exact) mass is 448 g/mol. The summed E-state index contributed by atoms with van der Waals surface area (Å²) >= 11 is 12.4. The van der Waals surface area contributed by atoms with Gasteiger partial charge in [-0.05, 0) is 43.7 Å². The van der Waals surface area contributed by atoms with E-state index >= 15 is 0 Å². The fourth-order valence-electron chi connectivity index (χ4n) is 2.46. The molecule has 0 spiro atoms. The zero-order valence-corrected chi connectivity index (χ0v) is 17.5. The van der Waals surface area contributed by atoms with Crippen molar-refractivity contribution in [2.75, 3.05) is 13.2 Å². The molecule has 0 atom stereocenters. The first kappa shape index (κ1) is 23.3. The Morgan fingerprint density at radius 3 is 2.48 bits per heavy atom. The van der Waals surface area contributed by atoms with E-state index in [0.717, 1.165) is 4.68 Å². The molecule has 0 saturated carbocycles. The van der Waals surface area contributed by atoms with Crippen LogP contribution < -0.4 is 4.74 Å². The fraction of sp³-hybridized carbons (Fsp3) is 0.368. The number of carbonyl (C=O) groups excluding carboxylic acids is 1. The molecule has 29 heavy (non-hydrogen) atoms. The van der Waals surface area contributed by atoms with Gasteiger partial charge in [-0.2, -0.15) is 13.9 Å². The number of aromatic nitrogens is 2. The van der Waals surface area contributed by atoms with Gasteiger partial charge >= 0.3 is 6.61 Å². The second kappa shape index (κ2) is 10.7. The van der Waals surface area contributed by atoms with Crippen molar-refractivity contribution in [2.45, 2.75) is 26.7 Å². The zero-order valence-electron chi connectivity index (χ0n) is 16.0. The molecule has 1 heterocycles. The van der Waals surface area contributed by atoms with E-state index in [-0.39, 0.29) is 22.4 Å². The predicted molar refractivity (Wildman–Crippen MR) is 106 cm³/mol. The molecule has 0 fully saturated rings. The Hall–Kier alpha value is -2.00. The minimum absolute atomic E-state index is 0.0612. The molecule has 6 nitrogen and oxygen atoms in total. The molecule has 0 bridgehead atoms. The molecule has 2 rings (SSSR count). The van der Waals surface area contributed by atoms with Gasteiger partial charge in [0.1, 0.15) is 10.7 Å². The summed E-state index contributed by atoms with van der Waals surface area (Å²) in [5, 5.41) is 4.44. The standard InChI is InChI=1S/C19H20Cl2F2N2O4/c1-4-27-18(28-5-2)14(26)9-7-11-10-12(6-8-13(11)20)16-15(21)17(25(3)24-16)29-19(22)23/h6-10,18-19H,4-5H2,1-3H3/b9-7+. The first-order valence-corrected chi connectivity index (χ1v) is 9.46. The summed E-state index contributed by atoms with van der Waals surface area (Å²) in [5.41, 5.74) is 1.25. The Bertz CT molecular complexity index is 881. The van der Waals surface area contributed by atoms with Crippen molar-refractivity contribution in [3.8, 4) is 17.1 Å². The van der Waals surface area contributed by atoms with Gasteiger partial charge in [-0.3, -0.25) is 4.79 Å². The maximum Gasteiger partial charge on any atom is 0.388 e. The molecule has 0 amide bonds. The zero-order chi connectivity index (χ0) is 21.6. The molecule has 2 aromatic rings. The summed E-state index contributed by atoms with van der Waals surface area (Å²) in [6.45, 7) is 1.12. The van der Waals surface area contributed by atoms with Crippen LogP contribution in [0, 0.1) is 0 Å². The van der Waals surface area contributed by atoms with Crippen LogP contribution in [0.1, 0.15) is 19.4 Å². The maximum absolute atomic E-state index is 12.6. The topological polar surface area (TPSA) is 62.6 Å². The second-order valence-corrected chi connectivity index (χ2v) is 6.47. The number of benzene rings is 1. The molecular weight excluding hydrogens is 429 g/mol. The van der Waals surface area contributed by atoms with Gasteiger partial charge in [-0.25, -0.2) is 4.68 Å². The van der Waals surface area contributed by atoms with Crippen LogP contribution in [0.2, 0.25) is 10.0 Å². The van der Waals surface area contributed by atoms with Crippen molar-refractivity contribution < 1.29 is 27.8 Å². The molecule has 0 aliphatic carbocycles. The van der Waals surface area contributed by atoms with E-state index in [1.165, 1.54) is 19.2 Å². The van der Waals surface area contributed by atoms with E-state index in [4.69, 9.17) is 32.7 Å². The first-order valence-electron chi connectivity index (χ1n) is 8.70. The summed E-state index contributed by atoms with van der Waals surface area (Å²) in [4.78, 5) is 12.3. The molecule has 1 aromatic heterocycles. The lowest BCUT2D eigenvalue weighted by atomic mass is 10.1. The Balaban J connectivity index is 2.32. The van der Waals surface area contributed by atoms with Crippen molar-refractivity contribution in [2.24, 2.45) is 7.05 Å². The van der Waals surface area contributed by atoms with Crippen molar-refractivity contribution >= 4 is 35.1 Å². The van der Waals surface area contributed by atoms with Crippen molar-refractivity contribution in [1.29, 1.82) is 0 Å². The highest BCUT2D eigenvalue weighted by molar-refractivity contribution is 6.34. The van der Waals surface area contributed by atoms with Crippen molar-refractivity contribution in [1.82, 2.24) is 9.78 Å². The van der Waals surface area contributed by atoms with Crippen molar-refractivity contribution in [3.63, 3.8) is 0 Å². The highest BCUT2D eigenvalue weighted by atomic mass is 35.5. The van der Waals surface area contributed by atoms with Gasteiger partial charge in [0, 0.05) is 30.8 Å². The van der Waals surface area contributed by atoms with Crippen LogP contribution in [0.4, 0.5) is 8.78 Å². The number of rotatable bonds is 10. The molecule has 0 unspecified atom stereocenters. The predicted octanol–water partition coefficient (Wildman–Crippen LogP) is 4.98. The van der Waals surface area contributed by atoms with Gasteiger partial charge < -0.3 is 14.2 Å². The van der Waals surface area contributed by atoms with Crippen LogP contribution in [0.3, 0.4) is 0 Å². The molecule has 10 heteroatoms. The number of aryl methyl sites for hydroxylation is 1. The highest BCUT2D eigenvalue weighted by Gasteiger charge is 2.21. The Kier molecular flexibility index (Phi) is 8.58. The number of alkyl halides is 2. The summed E-state index contributed by atoms with van der Waals surface area (Å²) in [6, 6.07) is 4.84. The molecule has 0 aliphatic rings. The summed E-state index contributed by atoms with van der Waals surface area (Å²) in [6.07, 6.45) is 1.81. The van der Waals surface area contributed by atoms with Crippen molar-refractivity contribution in [3.05, 3.63) is 39.9 Å². The summed E-state index contributed by atoms with van der Waals surface area (Å²) < 4.78 is 41.2.